The maximum atomic E-state index is 6.28. The number of nitrogens with two attached hydrogens (primary N) is 1. The highest BCUT2D eigenvalue weighted by molar-refractivity contribution is 6.32. The summed E-state index contributed by atoms with van der Waals surface area (Å²) in [4.78, 5) is 0. The van der Waals surface area contributed by atoms with Crippen molar-refractivity contribution in [2.45, 2.75) is 52.5 Å². The molecule has 0 aromatic heterocycles. The van der Waals surface area contributed by atoms with Gasteiger partial charge in [-0.2, -0.15) is 0 Å². The number of hydrogen-bond acceptors (Lipinski definition) is 3. The molecule has 2 N–H and O–H groups in total. The lowest BCUT2D eigenvalue weighted by atomic mass is 10.0. The molecular weight excluding hydrogens is 274 g/mol. The van der Waals surface area contributed by atoms with Gasteiger partial charge in [-0.25, -0.2) is 0 Å². The van der Waals surface area contributed by atoms with Gasteiger partial charge in [-0.05, 0) is 25.3 Å². The van der Waals surface area contributed by atoms with Gasteiger partial charge in [-0.1, -0.05) is 38.8 Å². The van der Waals surface area contributed by atoms with Crippen molar-refractivity contribution in [2.75, 3.05) is 13.2 Å². The standard InChI is InChI=1S/C16H26ClNO2/c1-4-7-14(18)12-10-13(17)16(20-9-6-3)11-15(12)19-8-5-2/h10-11,14H,4-9,18H2,1-3H3. The van der Waals surface area contributed by atoms with Gasteiger partial charge in [0, 0.05) is 17.7 Å². The highest BCUT2D eigenvalue weighted by Crippen LogP contribution is 2.36. The molecule has 1 unspecified atom stereocenters. The molecule has 1 rings (SSSR count). The smallest absolute Gasteiger partial charge is 0.141 e. The van der Waals surface area contributed by atoms with E-state index in [1.54, 1.807) is 0 Å². The van der Waals surface area contributed by atoms with Crippen molar-refractivity contribution >= 4 is 11.6 Å². The van der Waals surface area contributed by atoms with Crippen LogP contribution >= 0.6 is 11.6 Å². The van der Waals surface area contributed by atoms with E-state index >= 15 is 0 Å². The van der Waals surface area contributed by atoms with Gasteiger partial charge in [0.15, 0.2) is 0 Å². The maximum Gasteiger partial charge on any atom is 0.141 e. The van der Waals surface area contributed by atoms with Crippen LogP contribution in [0.5, 0.6) is 11.5 Å². The van der Waals surface area contributed by atoms with E-state index in [4.69, 9.17) is 26.8 Å². The fourth-order valence-corrected chi connectivity index (χ4v) is 2.19. The molecule has 20 heavy (non-hydrogen) atoms. The molecule has 0 radical (unpaired) electrons. The van der Waals surface area contributed by atoms with Crippen LogP contribution in [0.25, 0.3) is 0 Å². The molecule has 0 aliphatic heterocycles. The van der Waals surface area contributed by atoms with Crippen LogP contribution in [-0.4, -0.2) is 13.2 Å². The van der Waals surface area contributed by atoms with Crippen LogP contribution in [-0.2, 0) is 0 Å². The molecule has 0 fully saturated rings. The molecule has 4 heteroatoms. The van der Waals surface area contributed by atoms with Crippen molar-refractivity contribution in [2.24, 2.45) is 5.73 Å². The minimum Gasteiger partial charge on any atom is -0.493 e. The monoisotopic (exact) mass is 299 g/mol. The van der Waals surface area contributed by atoms with Crippen molar-refractivity contribution < 1.29 is 9.47 Å². The zero-order valence-electron chi connectivity index (χ0n) is 12.7. The molecule has 1 atom stereocenters. The van der Waals surface area contributed by atoms with Crippen LogP contribution < -0.4 is 15.2 Å². The van der Waals surface area contributed by atoms with Crippen molar-refractivity contribution in [3.8, 4) is 11.5 Å². The Morgan fingerprint density at radius 3 is 2.15 bits per heavy atom. The van der Waals surface area contributed by atoms with Crippen LogP contribution in [0, 0.1) is 0 Å². The van der Waals surface area contributed by atoms with E-state index in [0.29, 0.717) is 24.0 Å². The van der Waals surface area contributed by atoms with Crippen LogP contribution in [0.1, 0.15) is 58.1 Å². The zero-order chi connectivity index (χ0) is 15.0. The molecule has 0 saturated heterocycles. The van der Waals surface area contributed by atoms with Gasteiger partial charge in [0.2, 0.25) is 0 Å². The van der Waals surface area contributed by atoms with Gasteiger partial charge >= 0.3 is 0 Å². The lowest BCUT2D eigenvalue weighted by Crippen LogP contribution is -2.12. The number of rotatable bonds is 9. The van der Waals surface area contributed by atoms with E-state index in [1.807, 2.05) is 12.1 Å². The van der Waals surface area contributed by atoms with E-state index in [-0.39, 0.29) is 6.04 Å². The highest BCUT2D eigenvalue weighted by atomic mass is 35.5. The van der Waals surface area contributed by atoms with Crippen LogP contribution in [0.4, 0.5) is 0 Å². The Kier molecular flexibility index (Phi) is 7.78. The van der Waals surface area contributed by atoms with Gasteiger partial charge < -0.3 is 15.2 Å². The van der Waals surface area contributed by atoms with Crippen molar-refractivity contribution in [3.63, 3.8) is 0 Å². The summed E-state index contributed by atoms with van der Waals surface area (Å²) in [6, 6.07) is 3.71. The topological polar surface area (TPSA) is 44.5 Å². The lowest BCUT2D eigenvalue weighted by Gasteiger charge is -2.19. The van der Waals surface area contributed by atoms with E-state index in [1.165, 1.54) is 0 Å². The van der Waals surface area contributed by atoms with E-state index in [0.717, 1.165) is 37.0 Å². The summed E-state index contributed by atoms with van der Waals surface area (Å²) in [6.45, 7) is 7.57. The first kappa shape index (κ1) is 17.1. The third-order valence-electron chi connectivity index (χ3n) is 2.99. The first-order valence-electron chi connectivity index (χ1n) is 7.48. The summed E-state index contributed by atoms with van der Waals surface area (Å²) in [7, 11) is 0. The number of hydrogen-bond donors (Lipinski definition) is 1. The Morgan fingerprint density at radius 2 is 1.60 bits per heavy atom. The van der Waals surface area contributed by atoms with E-state index in [2.05, 4.69) is 20.8 Å². The lowest BCUT2D eigenvalue weighted by molar-refractivity contribution is 0.298. The summed E-state index contributed by atoms with van der Waals surface area (Å²) >= 11 is 6.28. The largest absolute Gasteiger partial charge is 0.493 e. The SMILES string of the molecule is CCCOc1cc(OCCC)c(C(N)CCC)cc1Cl. The fourth-order valence-electron chi connectivity index (χ4n) is 1.97. The molecule has 1 aromatic carbocycles. The normalized spacial score (nSPS) is 12.2. The van der Waals surface area contributed by atoms with Gasteiger partial charge in [-0.3, -0.25) is 0 Å². The van der Waals surface area contributed by atoms with Gasteiger partial charge in [0.1, 0.15) is 11.5 Å². The zero-order valence-corrected chi connectivity index (χ0v) is 13.5. The molecule has 0 aliphatic rings. The quantitative estimate of drug-likeness (QED) is 0.717. The molecule has 0 spiro atoms. The summed E-state index contributed by atoms with van der Waals surface area (Å²) in [5.41, 5.74) is 7.18. The molecule has 3 nitrogen and oxygen atoms in total. The summed E-state index contributed by atoms with van der Waals surface area (Å²) in [6.07, 6.45) is 3.84. The Balaban J connectivity index is 3.04. The molecular formula is C16H26ClNO2. The van der Waals surface area contributed by atoms with Gasteiger partial charge in [0.25, 0.3) is 0 Å². The number of benzene rings is 1. The number of ether oxygens (including phenoxy) is 2. The first-order chi connectivity index (χ1) is 9.63. The second-order valence-electron chi connectivity index (χ2n) is 4.91. The Bertz CT molecular complexity index is 410. The average molecular weight is 300 g/mol. The van der Waals surface area contributed by atoms with E-state index < -0.39 is 0 Å². The fraction of sp³-hybridized carbons (Fsp3) is 0.625. The second-order valence-corrected chi connectivity index (χ2v) is 5.32. The predicted octanol–water partition coefficient (Wildman–Crippen LogP) is 4.72. The number of halogens is 1. The molecule has 0 bridgehead atoms. The third kappa shape index (κ3) is 4.88. The van der Waals surface area contributed by atoms with Crippen LogP contribution in [0.15, 0.2) is 12.1 Å². The summed E-state index contributed by atoms with van der Waals surface area (Å²) in [5, 5.41) is 0.601. The van der Waals surface area contributed by atoms with Crippen LogP contribution in [0.2, 0.25) is 5.02 Å². The molecule has 1 aromatic rings. The average Bonchev–Trinajstić information content (AvgIpc) is 2.44. The molecule has 0 heterocycles. The Labute approximate surface area is 127 Å². The predicted molar refractivity (Wildman–Crippen MR) is 84.9 cm³/mol. The van der Waals surface area contributed by atoms with Gasteiger partial charge in [-0.15, -0.1) is 0 Å². The Hall–Kier alpha value is -0.930. The van der Waals surface area contributed by atoms with E-state index in [9.17, 15) is 0 Å². The highest BCUT2D eigenvalue weighted by Gasteiger charge is 2.16. The maximum absolute atomic E-state index is 6.28. The minimum absolute atomic E-state index is 0.0513. The first-order valence-corrected chi connectivity index (χ1v) is 7.86. The Morgan fingerprint density at radius 1 is 1.00 bits per heavy atom. The second kappa shape index (κ2) is 9.09. The van der Waals surface area contributed by atoms with Crippen molar-refractivity contribution in [3.05, 3.63) is 22.7 Å². The van der Waals surface area contributed by atoms with Crippen molar-refractivity contribution in [1.82, 2.24) is 0 Å². The molecule has 0 amide bonds. The van der Waals surface area contributed by atoms with Crippen molar-refractivity contribution in [1.29, 1.82) is 0 Å². The van der Waals surface area contributed by atoms with Gasteiger partial charge in [0.05, 0.1) is 18.2 Å². The summed E-state index contributed by atoms with van der Waals surface area (Å²) in [5.74, 6) is 1.47. The minimum atomic E-state index is -0.0513. The third-order valence-corrected chi connectivity index (χ3v) is 3.28. The van der Waals surface area contributed by atoms with Crippen LogP contribution in [0.3, 0.4) is 0 Å². The molecule has 0 aliphatic carbocycles. The molecule has 0 saturated carbocycles. The summed E-state index contributed by atoms with van der Waals surface area (Å²) < 4.78 is 11.5. The molecule has 114 valence electrons.